The van der Waals surface area contributed by atoms with Gasteiger partial charge in [0.1, 0.15) is 0 Å². The van der Waals surface area contributed by atoms with Gasteiger partial charge in [0.05, 0.1) is 0 Å². The second-order valence-corrected chi connectivity index (χ2v) is 3.05. The van der Waals surface area contributed by atoms with Crippen molar-refractivity contribution in [1.82, 2.24) is 5.32 Å². The highest BCUT2D eigenvalue weighted by Crippen LogP contribution is 2.18. The standard InChI is InChI=1S/C10H15NO/c1-3-7-11-9-5-4-6-10(12)8(9)2/h3,11H,1,4-7H2,2H3. The van der Waals surface area contributed by atoms with Crippen LogP contribution >= 0.6 is 0 Å². The molecule has 2 heteroatoms. The van der Waals surface area contributed by atoms with Crippen LogP contribution < -0.4 is 5.32 Å². The maximum atomic E-state index is 11.2. The monoisotopic (exact) mass is 165 g/mol. The number of Topliss-reactive ketones (excluding diaryl/α,β-unsaturated/α-hetero) is 1. The number of ketones is 1. The average molecular weight is 165 g/mol. The molecule has 0 aliphatic heterocycles. The smallest absolute Gasteiger partial charge is 0.160 e. The van der Waals surface area contributed by atoms with Crippen molar-refractivity contribution in [2.24, 2.45) is 0 Å². The fraction of sp³-hybridized carbons (Fsp3) is 0.500. The second-order valence-electron chi connectivity index (χ2n) is 3.05. The van der Waals surface area contributed by atoms with Crippen molar-refractivity contribution in [3.8, 4) is 0 Å². The van der Waals surface area contributed by atoms with Gasteiger partial charge in [0, 0.05) is 24.2 Å². The van der Waals surface area contributed by atoms with Crippen molar-refractivity contribution >= 4 is 5.78 Å². The van der Waals surface area contributed by atoms with E-state index in [1.165, 1.54) is 0 Å². The van der Waals surface area contributed by atoms with Crippen molar-refractivity contribution in [3.05, 3.63) is 23.9 Å². The molecule has 0 amide bonds. The molecule has 1 aliphatic carbocycles. The fourth-order valence-electron chi connectivity index (χ4n) is 1.39. The molecule has 12 heavy (non-hydrogen) atoms. The van der Waals surface area contributed by atoms with Gasteiger partial charge in [0.15, 0.2) is 5.78 Å². The molecule has 1 aliphatic rings. The zero-order chi connectivity index (χ0) is 8.97. The zero-order valence-electron chi connectivity index (χ0n) is 7.52. The molecule has 66 valence electrons. The number of hydrogen-bond acceptors (Lipinski definition) is 2. The maximum absolute atomic E-state index is 11.2. The molecule has 0 bridgehead atoms. The third-order valence-corrected chi connectivity index (χ3v) is 2.16. The summed E-state index contributed by atoms with van der Waals surface area (Å²) in [5.41, 5.74) is 2.01. The number of nitrogens with one attached hydrogen (secondary N) is 1. The van der Waals surface area contributed by atoms with Crippen LogP contribution in [0.25, 0.3) is 0 Å². The minimum absolute atomic E-state index is 0.285. The van der Waals surface area contributed by atoms with Gasteiger partial charge < -0.3 is 5.32 Å². The lowest BCUT2D eigenvalue weighted by molar-refractivity contribution is -0.116. The summed E-state index contributed by atoms with van der Waals surface area (Å²) < 4.78 is 0. The van der Waals surface area contributed by atoms with Crippen LogP contribution in [-0.4, -0.2) is 12.3 Å². The largest absolute Gasteiger partial charge is 0.385 e. The first-order chi connectivity index (χ1) is 5.75. The Morgan fingerprint density at radius 2 is 2.33 bits per heavy atom. The summed E-state index contributed by atoms with van der Waals surface area (Å²) >= 11 is 0. The summed E-state index contributed by atoms with van der Waals surface area (Å²) in [5, 5.41) is 3.19. The van der Waals surface area contributed by atoms with Gasteiger partial charge in [-0.25, -0.2) is 0 Å². The molecule has 0 unspecified atom stereocenters. The van der Waals surface area contributed by atoms with E-state index in [-0.39, 0.29) is 5.78 Å². The topological polar surface area (TPSA) is 29.1 Å². The van der Waals surface area contributed by atoms with E-state index in [9.17, 15) is 4.79 Å². The third kappa shape index (κ3) is 1.97. The molecule has 0 fully saturated rings. The molecule has 0 heterocycles. The van der Waals surface area contributed by atoms with Gasteiger partial charge in [-0.1, -0.05) is 6.08 Å². The zero-order valence-corrected chi connectivity index (χ0v) is 7.52. The van der Waals surface area contributed by atoms with Gasteiger partial charge >= 0.3 is 0 Å². The molecule has 0 spiro atoms. The van der Waals surface area contributed by atoms with Crippen LogP contribution in [0.2, 0.25) is 0 Å². The summed E-state index contributed by atoms with van der Waals surface area (Å²) in [7, 11) is 0. The van der Waals surface area contributed by atoms with Crippen LogP contribution in [-0.2, 0) is 4.79 Å². The minimum Gasteiger partial charge on any atom is -0.385 e. The van der Waals surface area contributed by atoms with Crippen molar-refractivity contribution in [1.29, 1.82) is 0 Å². The molecule has 0 aromatic heterocycles. The van der Waals surface area contributed by atoms with Crippen LogP contribution in [0, 0.1) is 0 Å². The molecular formula is C10H15NO. The molecule has 0 aromatic rings. The van der Waals surface area contributed by atoms with E-state index in [4.69, 9.17) is 0 Å². The Morgan fingerprint density at radius 3 is 3.00 bits per heavy atom. The quantitative estimate of drug-likeness (QED) is 0.646. The van der Waals surface area contributed by atoms with Crippen LogP contribution in [0.5, 0.6) is 0 Å². The number of carbonyl (C=O) groups excluding carboxylic acids is 1. The molecule has 0 saturated carbocycles. The Labute approximate surface area is 73.4 Å². The third-order valence-electron chi connectivity index (χ3n) is 2.16. The van der Waals surface area contributed by atoms with Crippen LogP contribution in [0.1, 0.15) is 26.2 Å². The number of rotatable bonds is 3. The van der Waals surface area contributed by atoms with Crippen LogP contribution in [0.4, 0.5) is 0 Å². The highest BCUT2D eigenvalue weighted by molar-refractivity contribution is 5.96. The molecule has 0 atom stereocenters. The van der Waals surface area contributed by atoms with Crippen molar-refractivity contribution in [2.45, 2.75) is 26.2 Å². The Balaban J connectivity index is 2.64. The van der Waals surface area contributed by atoms with Crippen molar-refractivity contribution < 1.29 is 4.79 Å². The summed E-state index contributed by atoms with van der Waals surface area (Å²) in [4.78, 5) is 11.2. The van der Waals surface area contributed by atoms with Gasteiger partial charge in [-0.15, -0.1) is 6.58 Å². The number of carbonyl (C=O) groups is 1. The van der Waals surface area contributed by atoms with E-state index in [0.717, 1.165) is 30.7 Å². The first kappa shape index (κ1) is 9.04. The van der Waals surface area contributed by atoms with E-state index in [2.05, 4.69) is 11.9 Å². The Hall–Kier alpha value is -1.05. The van der Waals surface area contributed by atoms with Gasteiger partial charge in [0.2, 0.25) is 0 Å². The van der Waals surface area contributed by atoms with Gasteiger partial charge in [-0.2, -0.15) is 0 Å². The normalized spacial score (nSPS) is 17.9. The second kappa shape index (κ2) is 4.10. The van der Waals surface area contributed by atoms with E-state index in [1.54, 1.807) is 6.08 Å². The lowest BCUT2D eigenvalue weighted by Crippen LogP contribution is -2.21. The molecule has 2 nitrogen and oxygen atoms in total. The Morgan fingerprint density at radius 1 is 1.58 bits per heavy atom. The summed E-state index contributed by atoms with van der Waals surface area (Å²) in [6.07, 6.45) is 4.51. The fourth-order valence-corrected chi connectivity index (χ4v) is 1.39. The van der Waals surface area contributed by atoms with Crippen molar-refractivity contribution in [3.63, 3.8) is 0 Å². The van der Waals surface area contributed by atoms with Crippen molar-refractivity contribution in [2.75, 3.05) is 6.54 Å². The predicted octanol–water partition coefficient (Wildman–Crippen LogP) is 1.79. The highest BCUT2D eigenvalue weighted by Gasteiger charge is 2.15. The first-order valence-corrected chi connectivity index (χ1v) is 4.33. The average Bonchev–Trinajstić information content (AvgIpc) is 2.08. The van der Waals surface area contributed by atoms with E-state index >= 15 is 0 Å². The molecule has 1 N–H and O–H groups in total. The predicted molar refractivity (Wildman–Crippen MR) is 49.8 cm³/mol. The molecule has 0 aromatic carbocycles. The Kier molecular flexibility index (Phi) is 3.09. The number of allylic oxidation sites excluding steroid dienone is 2. The van der Waals surface area contributed by atoms with E-state index in [0.29, 0.717) is 6.42 Å². The molecule has 1 rings (SSSR count). The van der Waals surface area contributed by atoms with Gasteiger partial charge in [-0.05, 0) is 19.8 Å². The van der Waals surface area contributed by atoms with Crippen LogP contribution in [0.3, 0.4) is 0 Å². The SMILES string of the molecule is C=CCNC1=C(C)C(=O)CCC1. The molecule has 0 saturated heterocycles. The van der Waals surface area contributed by atoms with E-state index < -0.39 is 0 Å². The van der Waals surface area contributed by atoms with Gasteiger partial charge in [-0.3, -0.25) is 4.79 Å². The first-order valence-electron chi connectivity index (χ1n) is 4.33. The number of hydrogen-bond donors (Lipinski definition) is 1. The van der Waals surface area contributed by atoms with Crippen LogP contribution in [0.15, 0.2) is 23.9 Å². The summed E-state index contributed by atoms with van der Waals surface area (Å²) in [6.45, 7) is 6.26. The molecular weight excluding hydrogens is 150 g/mol. The minimum atomic E-state index is 0.285. The Bertz CT molecular complexity index is 228. The summed E-state index contributed by atoms with van der Waals surface area (Å²) in [6, 6.07) is 0. The maximum Gasteiger partial charge on any atom is 0.160 e. The molecule has 0 radical (unpaired) electrons. The lowest BCUT2D eigenvalue weighted by Gasteiger charge is -2.17. The van der Waals surface area contributed by atoms with Gasteiger partial charge in [0.25, 0.3) is 0 Å². The van der Waals surface area contributed by atoms with E-state index in [1.807, 2.05) is 6.92 Å². The highest BCUT2D eigenvalue weighted by atomic mass is 16.1. The summed E-state index contributed by atoms with van der Waals surface area (Å²) in [5.74, 6) is 0.285. The lowest BCUT2D eigenvalue weighted by atomic mass is 9.96.